The summed E-state index contributed by atoms with van der Waals surface area (Å²) >= 11 is 0. The van der Waals surface area contributed by atoms with Crippen LogP contribution in [0.4, 0.5) is 0 Å². The number of hydrogen-bond donors (Lipinski definition) is 3. The molecule has 12 nitrogen and oxygen atoms in total. The minimum absolute atomic E-state index is 0.173. The van der Waals surface area contributed by atoms with Gasteiger partial charge in [0.15, 0.2) is 45.8 Å². The van der Waals surface area contributed by atoms with Gasteiger partial charge in [-0.2, -0.15) is 0 Å². The lowest BCUT2D eigenvalue weighted by atomic mass is 9.98. The molecule has 0 bridgehead atoms. The molecule has 0 aliphatic carbocycles. The first-order valence-corrected chi connectivity index (χ1v) is 28.9. The number of ether oxygens (including phenoxy) is 4. The van der Waals surface area contributed by atoms with E-state index >= 15 is 0 Å². The average Bonchev–Trinajstić information content (AvgIpc) is 2.82. The maximum absolute atomic E-state index is 12.4. The lowest BCUT2D eigenvalue weighted by molar-refractivity contribution is -0.371. The van der Waals surface area contributed by atoms with E-state index in [1.807, 2.05) is 58.9 Å². The van der Waals surface area contributed by atoms with Gasteiger partial charge in [0.25, 0.3) is 0 Å². The summed E-state index contributed by atoms with van der Waals surface area (Å²) in [7, 11) is -8.95. The van der Waals surface area contributed by atoms with Gasteiger partial charge < -0.3 is 52.0 Å². The van der Waals surface area contributed by atoms with E-state index in [1.165, 1.54) is 0 Å². The van der Waals surface area contributed by atoms with Crippen LogP contribution in [0.3, 0.4) is 0 Å². The van der Waals surface area contributed by atoms with Gasteiger partial charge in [-0.05, 0) is 85.5 Å². The molecule has 0 spiro atoms. The third-order valence-corrected chi connectivity index (χ3v) is 10.3. The number of rotatable bonds is 14. The Morgan fingerprint density at radius 2 is 1.09 bits per heavy atom. The molecule has 16 heteroatoms. The lowest BCUT2D eigenvalue weighted by Crippen LogP contribution is -2.68. The van der Waals surface area contributed by atoms with E-state index < -0.39 is 107 Å². The summed E-state index contributed by atoms with van der Waals surface area (Å²) in [5.74, 6) is -0.575. The van der Waals surface area contributed by atoms with Crippen molar-refractivity contribution in [1.82, 2.24) is 0 Å². The summed E-state index contributed by atoms with van der Waals surface area (Å²) < 4.78 is 50.5. The average molecular weight is 699 g/mol. The zero-order chi connectivity index (χ0) is 34.0. The highest BCUT2D eigenvalue weighted by Gasteiger charge is 2.55. The largest absolute Gasteiger partial charge is 0.459 e. The SMILES string of the molecule is C=C(C)C(=O)OC[C@H]1O[C@H](O[C@H]2O[C@H](CO)[C@@H](O[Si](C)(C)C)[C@H](O)[C@H]2O)[C@H](O[Si](C)(C)C)[C@@H](O[Si](C)(C)C)[C@@H]1O[Si](C)(C)C. The van der Waals surface area contributed by atoms with Gasteiger partial charge in [0.05, 0.1) is 6.61 Å². The summed E-state index contributed by atoms with van der Waals surface area (Å²) in [6, 6.07) is 0. The lowest BCUT2D eigenvalue weighted by Gasteiger charge is -2.51. The Bertz CT molecular complexity index is 956. The quantitative estimate of drug-likeness (QED) is 0.139. The molecule has 0 aromatic heterocycles. The smallest absolute Gasteiger partial charge is 0.333 e. The van der Waals surface area contributed by atoms with Gasteiger partial charge in [0.2, 0.25) is 0 Å². The normalized spacial score (nSPS) is 34.1. The van der Waals surface area contributed by atoms with Gasteiger partial charge in [0.1, 0.15) is 55.4 Å². The molecule has 2 rings (SSSR count). The van der Waals surface area contributed by atoms with Gasteiger partial charge in [-0.3, -0.25) is 0 Å². The van der Waals surface area contributed by atoms with Crippen molar-refractivity contribution < 1.29 is 56.8 Å². The molecule has 0 unspecified atom stereocenters. The Morgan fingerprint density at radius 1 is 0.659 bits per heavy atom. The molecule has 3 N–H and O–H groups in total. The maximum Gasteiger partial charge on any atom is 0.333 e. The minimum Gasteiger partial charge on any atom is -0.459 e. The van der Waals surface area contributed by atoms with Crippen LogP contribution in [-0.4, -0.2) is 129 Å². The van der Waals surface area contributed by atoms with E-state index in [1.54, 1.807) is 6.92 Å². The van der Waals surface area contributed by atoms with E-state index in [9.17, 15) is 20.1 Å². The van der Waals surface area contributed by atoms with Crippen LogP contribution in [0.1, 0.15) is 6.92 Å². The monoisotopic (exact) mass is 698 g/mol. The second-order valence-corrected chi connectivity index (χ2v) is 33.4. The van der Waals surface area contributed by atoms with E-state index in [0.717, 1.165) is 0 Å². The van der Waals surface area contributed by atoms with Crippen molar-refractivity contribution in [3.8, 4) is 0 Å². The molecule has 0 saturated carbocycles. The second-order valence-electron chi connectivity index (χ2n) is 15.5. The first kappa shape index (κ1) is 39.9. The number of esters is 1. The molecule has 44 heavy (non-hydrogen) atoms. The number of carbonyl (C=O) groups excluding carboxylic acids is 1. The highest BCUT2D eigenvalue weighted by Crippen LogP contribution is 2.36. The van der Waals surface area contributed by atoms with Crippen molar-refractivity contribution in [2.75, 3.05) is 13.2 Å². The Morgan fingerprint density at radius 3 is 1.55 bits per heavy atom. The van der Waals surface area contributed by atoms with Gasteiger partial charge in [0, 0.05) is 5.57 Å². The van der Waals surface area contributed by atoms with E-state index in [4.69, 9.17) is 36.7 Å². The van der Waals surface area contributed by atoms with Gasteiger partial charge in [-0.1, -0.05) is 6.58 Å². The first-order chi connectivity index (χ1) is 19.8. The Hall–Kier alpha value is -0.322. The third-order valence-electron chi connectivity index (χ3n) is 6.37. The fourth-order valence-electron chi connectivity index (χ4n) is 4.88. The van der Waals surface area contributed by atoms with Crippen LogP contribution in [0, 0.1) is 0 Å². The van der Waals surface area contributed by atoms with Crippen LogP contribution in [0.2, 0.25) is 78.6 Å². The molecule has 10 atom stereocenters. The molecule has 0 aromatic rings. The minimum atomic E-state index is -2.29. The number of carbonyl (C=O) groups is 1. The predicted octanol–water partition coefficient (Wildman–Crippen LogP) is 3.17. The maximum atomic E-state index is 12.4. The Labute approximate surface area is 267 Å². The van der Waals surface area contributed by atoms with Crippen LogP contribution < -0.4 is 0 Å². The summed E-state index contributed by atoms with van der Waals surface area (Å²) in [6.45, 7) is 28.8. The standard InChI is InChI=1S/C28H58O12Si4/c1-17(2)26(32)33-16-19-23(38-42(6,7)8)24(39-43(9,10)11)25(40-44(12,13)14)28(35-19)36-27-21(31)20(30)22(18(15-29)34-27)37-41(3,4)5/h18-25,27-31H,1,15-16H2,2-14H3/t18-,19-,20-,21-,22-,23-,24+,25-,27-,28-/m1/s1. The topological polar surface area (TPSA) is 152 Å². The summed E-state index contributed by atoms with van der Waals surface area (Å²) in [5, 5.41) is 32.4. The van der Waals surface area contributed by atoms with Crippen molar-refractivity contribution in [2.45, 2.75) is 147 Å². The fraction of sp³-hybridized carbons (Fsp3) is 0.893. The molecular formula is C28H58O12Si4. The molecule has 0 aromatic carbocycles. The zero-order valence-corrected chi connectivity index (χ0v) is 32.9. The predicted molar refractivity (Wildman–Crippen MR) is 176 cm³/mol. The van der Waals surface area contributed by atoms with Crippen molar-refractivity contribution in [1.29, 1.82) is 0 Å². The number of aliphatic hydroxyl groups is 3. The first-order valence-electron chi connectivity index (χ1n) is 15.3. The summed E-state index contributed by atoms with van der Waals surface area (Å²) in [5.41, 5.74) is 0.240. The summed E-state index contributed by atoms with van der Waals surface area (Å²) in [6.07, 6.45) is -10.4. The Balaban J connectivity index is 2.56. The van der Waals surface area contributed by atoms with E-state index in [2.05, 4.69) is 26.2 Å². The second kappa shape index (κ2) is 15.3. The Kier molecular flexibility index (Phi) is 13.8. The van der Waals surface area contributed by atoms with Crippen molar-refractivity contribution >= 4 is 39.2 Å². The molecule has 258 valence electrons. The van der Waals surface area contributed by atoms with Crippen LogP contribution in [0.15, 0.2) is 12.2 Å². The van der Waals surface area contributed by atoms with Crippen LogP contribution >= 0.6 is 0 Å². The van der Waals surface area contributed by atoms with Gasteiger partial charge in [-0.15, -0.1) is 0 Å². The van der Waals surface area contributed by atoms with Gasteiger partial charge >= 0.3 is 5.97 Å². The van der Waals surface area contributed by atoms with Crippen LogP contribution in [-0.2, 0) is 41.4 Å². The van der Waals surface area contributed by atoms with E-state index in [0.29, 0.717) is 0 Å². The molecule has 2 aliphatic heterocycles. The van der Waals surface area contributed by atoms with Crippen LogP contribution in [0.25, 0.3) is 0 Å². The number of hydrogen-bond acceptors (Lipinski definition) is 12. The highest BCUT2D eigenvalue weighted by molar-refractivity contribution is 6.71. The molecule has 2 aliphatic rings. The highest BCUT2D eigenvalue weighted by atomic mass is 28.4. The van der Waals surface area contributed by atoms with Crippen LogP contribution in [0.5, 0.6) is 0 Å². The molecule has 2 fully saturated rings. The third kappa shape index (κ3) is 12.4. The van der Waals surface area contributed by atoms with E-state index in [-0.39, 0.29) is 12.2 Å². The molecular weight excluding hydrogens is 641 g/mol. The van der Waals surface area contributed by atoms with Gasteiger partial charge in [-0.25, -0.2) is 4.79 Å². The zero-order valence-electron chi connectivity index (χ0n) is 28.9. The van der Waals surface area contributed by atoms with Crippen molar-refractivity contribution in [3.05, 3.63) is 12.2 Å². The molecule has 0 amide bonds. The van der Waals surface area contributed by atoms with Crippen molar-refractivity contribution in [3.63, 3.8) is 0 Å². The summed E-state index contributed by atoms with van der Waals surface area (Å²) in [4.78, 5) is 12.4. The fourth-order valence-corrected chi connectivity index (χ4v) is 9.24. The molecule has 2 saturated heterocycles. The molecule has 2 heterocycles. The van der Waals surface area contributed by atoms with Crippen molar-refractivity contribution in [2.24, 2.45) is 0 Å². The number of aliphatic hydroxyl groups excluding tert-OH is 3. The molecule has 0 radical (unpaired) electrons.